The van der Waals surface area contributed by atoms with Crippen molar-refractivity contribution in [2.75, 3.05) is 13.6 Å². The average Bonchev–Trinajstić information content (AvgIpc) is 3.51. The number of halogens is 1. The molecule has 0 heterocycles. The second-order valence-electron chi connectivity index (χ2n) is 6.78. The van der Waals surface area contributed by atoms with Gasteiger partial charge in [0.25, 0.3) is 5.91 Å². The Morgan fingerprint density at radius 3 is 2.34 bits per heavy atom. The normalized spacial score (nSPS) is 15.0. The standard InChI is InChI=1S/C20H21FN2O5S/c1-23(29(26,27)17-11-7-15(21)8-12-17)13-18(24)28-19(14-5-3-2-4-6-14)20(25)22-16-9-10-16/h2-8,11-12,16,19H,9-10,13H2,1H3,(H,22,25)/t19-/m0/s1. The highest BCUT2D eigenvalue weighted by atomic mass is 32.2. The number of nitrogens with one attached hydrogen (secondary N) is 1. The lowest BCUT2D eigenvalue weighted by Gasteiger charge is -2.21. The van der Waals surface area contributed by atoms with Crippen molar-refractivity contribution in [3.05, 3.63) is 66.0 Å². The van der Waals surface area contributed by atoms with Crippen LogP contribution in [-0.4, -0.2) is 44.2 Å². The lowest BCUT2D eigenvalue weighted by molar-refractivity contribution is -0.156. The number of benzene rings is 2. The van der Waals surface area contributed by atoms with Crippen molar-refractivity contribution < 1.29 is 27.1 Å². The summed E-state index contributed by atoms with van der Waals surface area (Å²) >= 11 is 0. The number of ether oxygens (including phenoxy) is 1. The van der Waals surface area contributed by atoms with Crippen LogP contribution < -0.4 is 5.32 Å². The molecule has 0 saturated heterocycles. The van der Waals surface area contributed by atoms with Gasteiger partial charge in [-0.2, -0.15) is 4.31 Å². The molecule has 154 valence electrons. The van der Waals surface area contributed by atoms with E-state index < -0.39 is 40.4 Å². The van der Waals surface area contributed by atoms with Crippen LogP contribution in [0.25, 0.3) is 0 Å². The molecule has 0 bridgehead atoms. The van der Waals surface area contributed by atoms with Crippen LogP contribution in [0.15, 0.2) is 59.5 Å². The number of carbonyl (C=O) groups is 2. The molecule has 29 heavy (non-hydrogen) atoms. The lowest BCUT2D eigenvalue weighted by Crippen LogP contribution is -2.37. The Labute approximate surface area is 168 Å². The molecule has 3 rings (SSSR count). The molecule has 1 fully saturated rings. The van der Waals surface area contributed by atoms with Crippen LogP contribution >= 0.6 is 0 Å². The van der Waals surface area contributed by atoms with Crippen LogP contribution in [0.5, 0.6) is 0 Å². The first-order valence-electron chi connectivity index (χ1n) is 9.04. The second kappa shape index (κ2) is 8.71. The van der Waals surface area contributed by atoms with Crippen molar-refractivity contribution in [3.63, 3.8) is 0 Å². The predicted molar refractivity (Wildman–Crippen MR) is 103 cm³/mol. The Hall–Kier alpha value is -2.78. The molecule has 9 heteroatoms. The highest BCUT2D eigenvalue weighted by molar-refractivity contribution is 7.89. The summed E-state index contributed by atoms with van der Waals surface area (Å²) in [7, 11) is -2.81. The lowest BCUT2D eigenvalue weighted by atomic mass is 10.1. The highest BCUT2D eigenvalue weighted by Crippen LogP contribution is 2.23. The molecule has 1 N–H and O–H groups in total. The van der Waals surface area contributed by atoms with Crippen molar-refractivity contribution in [1.82, 2.24) is 9.62 Å². The van der Waals surface area contributed by atoms with Gasteiger partial charge in [-0.1, -0.05) is 30.3 Å². The quantitative estimate of drug-likeness (QED) is 0.660. The van der Waals surface area contributed by atoms with E-state index in [0.717, 1.165) is 41.4 Å². The monoisotopic (exact) mass is 420 g/mol. The van der Waals surface area contributed by atoms with Crippen LogP contribution in [-0.2, 0) is 24.3 Å². The number of sulfonamides is 1. The van der Waals surface area contributed by atoms with E-state index >= 15 is 0 Å². The van der Waals surface area contributed by atoms with Crippen molar-refractivity contribution >= 4 is 21.9 Å². The molecule has 2 aromatic rings. The van der Waals surface area contributed by atoms with Gasteiger partial charge in [-0.15, -0.1) is 0 Å². The van der Waals surface area contributed by atoms with Crippen molar-refractivity contribution in [1.29, 1.82) is 0 Å². The first-order chi connectivity index (χ1) is 13.8. The summed E-state index contributed by atoms with van der Waals surface area (Å²) in [5.74, 6) is -1.90. The second-order valence-corrected chi connectivity index (χ2v) is 8.82. The largest absolute Gasteiger partial charge is 0.446 e. The summed E-state index contributed by atoms with van der Waals surface area (Å²) in [5, 5.41) is 2.79. The van der Waals surface area contributed by atoms with Crippen LogP contribution in [0.2, 0.25) is 0 Å². The molecule has 7 nitrogen and oxygen atoms in total. The molecule has 0 unspecified atom stereocenters. The fourth-order valence-corrected chi connectivity index (χ4v) is 3.74. The maximum atomic E-state index is 13.0. The van der Waals surface area contributed by atoms with Crippen molar-refractivity contribution in [2.45, 2.75) is 29.9 Å². The molecule has 1 atom stereocenters. The minimum absolute atomic E-state index is 0.0777. The Morgan fingerprint density at radius 1 is 1.14 bits per heavy atom. The number of esters is 1. The Morgan fingerprint density at radius 2 is 1.76 bits per heavy atom. The summed E-state index contributed by atoms with van der Waals surface area (Å²) in [6.45, 7) is -0.597. The van der Waals surface area contributed by atoms with Gasteiger partial charge >= 0.3 is 5.97 Å². The van der Waals surface area contributed by atoms with Gasteiger partial charge in [-0.25, -0.2) is 12.8 Å². The van der Waals surface area contributed by atoms with Crippen LogP contribution in [0.4, 0.5) is 4.39 Å². The molecular formula is C20H21FN2O5S. The molecule has 0 radical (unpaired) electrons. The third-order valence-corrected chi connectivity index (χ3v) is 6.20. The van der Waals surface area contributed by atoms with Gasteiger partial charge in [-0.05, 0) is 37.1 Å². The molecule has 1 amide bonds. The van der Waals surface area contributed by atoms with E-state index in [1.807, 2.05) is 0 Å². The molecule has 0 aromatic heterocycles. The summed E-state index contributed by atoms with van der Waals surface area (Å²) in [6, 6.07) is 12.9. The van der Waals surface area contributed by atoms with E-state index in [0.29, 0.717) is 5.56 Å². The number of carbonyl (C=O) groups excluding carboxylic acids is 2. The summed E-state index contributed by atoms with van der Waals surface area (Å²) in [5.41, 5.74) is 0.489. The number of hydrogen-bond acceptors (Lipinski definition) is 5. The molecule has 0 aliphatic heterocycles. The number of likely N-dealkylation sites (N-methyl/N-ethyl adjacent to an activating group) is 1. The summed E-state index contributed by atoms with van der Waals surface area (Å²) in [4.78, 5) is 24.8. The molecule has 0 spiro atoms. The van der Waals surface area contributed by atoms with Gasteiger partial charge in [-0.3, -0.25) is 9.59 Å². The van der Waals surface area contributed by atoms with E-state index in [4.69, 9.17) is 4.74 Å². The minimum Gasteiger partial charge on any atom is -0.446 e. The number of hydrogen-bond donors (Lipinski definition) is 1. The number of rotatable bonds is 8. The van der Waals surface area contributed by atoms with E-state index in [1.165, 1.54) is 7.05 Å². The van der Waals surface area contributed by atoms with E-state index in [-0.39, 0.29) is 10.9 Å². The van der Waals surface area contributed by atoms with Crippen molar-refractivity contribution in [3.8, 4) is 0 Å². The average molecular weight is 420 g/mol. The van der Waals surface area contributed by atoms with Crippen LogP contribution in [0.1, 0.15) is 24.5 Å². The Balaban J connectivity index is 1.70. The van der Waals surface area contributed by atoms with E-state index in [1.54, 1.807) is 30.3 Å². The van der Waals surface area contributed by atoms with Crippen LogP contribution in [0.3, 0.4) is 0 Å². The first kappa shape index (κ1) is 20.9. The van der Waals surface area contributed by atoms with Gasteiger partial charge in [0.15, 0.2) is 0 Å². The molecule has 1 saturated carbocycles. The van der Waals surface area contributed by atoms with Crippen LogP contribution in [0, 0.1) is 5.82 Å². The SMILES string of the molecule is CN(CC(=O)O[C@H](C(=O)NC1CC1)c1ccccc1)S(=O)(=O)c1ccc(F)cc1. The number of nitrogens with zero attached hydrogens (tertiary/aromatic N) is 1. The maximum Gasteiger partial charge on any atom is 0.322 e. The van der Waals surface area contributed by atoms with Gasteiger partial charge in [0.2, 0.25) is 16.1 Å². The topological polar surface area (TPSA) is 92.8 Å². The fourth-order valence-electron chi connectivity index (χ4n) is 2.63. The first-order valence-corrected chi connectivity index (χ1v) is 10.5. The third-order valence-electron chi connectivity index (χ3n) is 4.39. The molecule has 1 aliphatic rings. The van der Waals surface area contributed by atoms with Gasteiger partial charge in [0.1, 0.15) is 12.4 Å². The molecule has 2 aromatic carbocycles. The van der Waals surface area contributed by atoms with Gasteiger partial charge in [0, 0.05) is 18.7 Å². The zero-order valence-corrected chi connectivity index (χ0v) is 16.6. The number of amides is 1. The third kappa shape index (κ3) is 5.39. The predicted octanol–water partition coefficient (Wildman–Crippen LogP) is 2.01. The zero-order valence-electron chi connectivity index (χ0n) is 15.7. The summed E-state index contributed by atoms with van der Waals surface area (Å²) in [6.07, 6.45) is 0.575. The Kier molecular flexibility index (Phi) is 6.29. The fraction of sp³-hybridized carbons (Fsp3) is 0.300. The van der Waals surface area contributed by atoms with Gasteiger partial charge < -0.3 is 10.1 Å². The van der Waals surface area contributed by atoms with E-state index in [9.17, 15) is 22.4 Å². The zero-order chi connectivity index (χ0) is 21.0. The van der Waals surface area contributed by atoms with Gasteiger partial charge in [0.05, 0.1) is 4.90 Å². The summed E-state index contributed by atoms with van der Waals surface area (Å²) < 4.78 is 44.2. The minimum atomic E-state index is -4.02. The van der Waals surface area contributed by atoms with Crippen molar-refractivity contribution in [2.24, 2.45) is 0 Å². The molecule has 1 aliphatic carbocycles. The smallest absolute Gasteiger partial charge is 0.322 e. The van der Waals surface area contributed by atoms with E-state index in [2.05, 4.69) is 5.32 Å². The highest BCUT2D eigenvalue weighted by Gasteiger charge is 2.32. The Bertz CT molecular complexity index is 976. The maximum absolute atomic E-state index is 13.0. The molecular weight excluding hydrogens is 399 g/mol.